The van der Waals surface area contributed by atoms with Gasteiger partial charge in [-0.3, -0.25) is 4.68 Å². The molecule has 2 aromatic rings. The maximum atomic E-state index is 12.8. The van der Waals surface area contributed by atoms with Gasteiger partial charge in [0.05, 0.1) is 14.0 Å². The highest BCUT2D eigenvalue weighted by molar-refractivity contribution is 9.11. The number of rotatable bonds is 6. The van der Waals surface area contributed by atoms with Gasteiger partial charge in [0.25, 0.3) is 0 Å². The fourth-order valence-electron chi connectivity index (χ4n) is 1.87. The maximum absolute atomic E-state index is 12.8. The van der Waals surface area contributed by atoms with E-state index in [2.05, 4.69) is 41.7 Å². The molecular weight excluding hydrogens is 499 g/mol. The molecule has 0 saturated carbocycles. The van der Waals surface area contributed by atoms with Crippen LogP contribution in [0.5, 0.6) is 0 Å². The molecule has 0 bridgehead atoms. The third kappa shape index (κ3) is 4.59. The Morgan fingerprint density at radius 2 is 2.00 bits per heavy atom. The van der Waals surface area contributed by atoms with E-state index in [0.29, 0.717) is 15.9 Å². The number of nitrogens with zero attached hydrogens (tertiary/aromatic N) is 2. The number of nitrogens with one attached hydrogen (secondary N) is 1. The average molecular weight is 511 g/mol. The molecule has 0 aliphatic carbocycles. The lowest BCUT2D eigenvalue weighted by molar-refractivity contribution is -0.142. The first kappa shape index (κ1) is 19.9. The van der Waals surface area contributed by atoms with Crippen LogP contribution in [0.3, 0.4) is 0 Å². The summed E-state index contributed by atoms with van der Waals surface area (Å²) in [7, 11) is -3.61. The van der Waals surface area contributed by atoms with Crippen LogP contribution in [0, 0.1) is 6.92 Å². The van der Waals surface area contributed by atoms with E-state index in [4.69, 9.17) is 0 Å². The second-order valence-electron chi connectivity index (χ2n) is 4.78. The number of alkyl halides is 3. The third-order valence-electron chi connectivity index (χ3n) is 3.05. The third-order valence-corrected chi connectivity index (χ3v) is 7.58. The van der Waals surface area contributed by atoms with Gasteiger partial charge in [0, 0.05) is 13.1 Å². The molecule has 0 aliphatic rings. The lowest BCUT2D eigenvalue weighted by Gasteiger charge is -2.06. The monoisotopic (exact) mass is 509 g/mol. The Labute approximate surface area is 157 Å². The highest BCUT2D eigenvalue weighted by Crippen LogP contribution is 2.35. The number of hydrogen-bond acceptors (Lipinski definition) is 4. The molecule has 0 fully saturated rings. The first-order valence-electron chi connectivity index (χ1n) is 6.57. The highest BCUT2D eigenvalue weighted by atomic mass is 79.9. The predicted octanol–water partition coefficient (Wildman–Crippen LogP) is 4.17. The lowest BCUT2D eigenvalue weighted by Crippen LogP contribution is -2.25. The molecule has 0 unspecified atom stereocenters. The van der Waals surface area contributed by atoms with Crippen molar-refractivity contribution < 1.29 is 21.6 Å². The Kier molecular flexibility index (Phi) is 6.17. The van der Waals surface area contributed by atoms with Crippen molar-refractivity contribution in [1.82, 2.24) is 14.5 Å². The Morgan fingerprint density at radius 1 is 1.33 bits per heavy atom. The summed E-state index contributed by atoms with van der Waals surface area (Å²) in [5.74, 6) is 0. The SMILES string of the molecule is Cc1c(Br)c(C(F)(F)F)nn1CCCNS(=O)(=O)c1ccc(Br)s1. The van der Waals surface area contributed by atoms with Crippen LogP contribution < -0.4 is 4.72 Å². The molecule has 0 atom stereocenters. The topological polar surface area (TPSA) is 64.0 Å². The van der Waals surface area contributed by atoms with Crippen molar-refractivity contribution >= 4 is 53.2 Å². The summed E-state index contributed by atoms with van der Waals surface area (Å²) in [6, 6.07) is 3.10. The summed E-state index contributed by atoms with van der Waals surface area (Å²) >= 11 is 7.16. The molecule has 0 spiro atoms. The van der Waals surface area contributed by atoms with E-state index in [1.165, 1.54) is 17.7 Å². The molecule has 134 valence electrons. The Morgan fingerprint density at radius 3 is 2.50 bits per heavy atom. The van der Waals surface area contributed by atoms with Crippen LogP contribution in [0.2, 0.25) is 0 Å². The van der Waals surface area contributed by atoms with Crippen molar-refractivity contribution in [2.75, 3.05) is 6.54 Å². The number of halogens is 5. The molecule has 5 nitrogen and oxygen atoms in total. The molecule has 2 heterocycles. The van der Waals surface area contributed by atoms with Gasteiger partial charge < -0.3 is 0 Å². The number of hydrogen-bond donors (Lipinski definition) is 1. The quantitative estimate of drug-likeness (QED) is 0.593. The molecule has 1 N–H and O–H groups in total. The summed E-state index contributed by atoms with van der Waals surface area (Å²) in [5, 5.41) is 3.54. The van der Waals surface area contributed by atoms with Crippen LogP contribution >= 0.6 is 43.2 Å². The van der Waals surface area contributed by atoms with Crippen LogP contribution in [0.4, 0.5) is 13.2 Å². The predicted molar refractivity (Wildman–Crippen MR) is 91.5 cm³/mol. The van der Waals surface area contributed by atoms with Gasteiger partial charge in [-0.15, -0.1) is 11.3 Å². The van der Waals surface area contributed by atoms with Crippen LogP contribution in [0.25, 0.3) is 0 Å². The molecule has 24 heavy (non-hydrogen) atoms. The van der Waals surface area contributed by atoms with Gasteiger partial charge in [-0.1, -0.05) is 0 Å². The second-order valence-corrected chi connectivity index (χ2v) is 10.0. The van der Waals surface area contributed by atoms with Gasteiger partial charge in [-0.25, -0.2) is 13.1 Å². The normalized spacial score (nSPS) is 12.8. The smallest absolute Gasteiger partial charge is 0.268 e. The van der Waals surface area contributed by atoms with Gasteiger partial charge in [0.1, 0.15) is 4.21 Å². The molecule has 0 saturated heterocycles. The van der Waals surface area contributed by atoms with Gasteiger partial charge >= 0.3 is 6.18 Å². The summed E-state index contributed by atoms with van der Waals surface area (Å²) in [5.41, 5.74) is -0.642. The Hall–Kier alpha value is -0.430. The average Bonchev–Trinajstić information content (AvgIpc) is 3.02. The Bertz CT molecular complexity index is 831. The van der Waals surface area contributed by atoms with Crippen molar-refractivity contribution in [2.24, 2.45) is 0 Å². The van der Waals surface area contributed by atoms with Gasteiger partial charge in [0.2, 0.25) is 10.0 Å². The van der Waals surface area contributed by atoms with Crippen molar-refractivity contribution in [1.29, 1.82) is 0 Å². The summed E-state index contributed by atoms with van der Waals surface area (Å²) in [6.45, 7) is 1.77. The van der Waals surface area contributed by atoms with Crippen molar-refractivity contribution in [3.05, 3.63) is 31.8 Å². The van der Waals surface area contributed by atoms with Crippen molar-refractivity contribution in [2.45, 2.75) is 30.3 Å². The zero-order chi connectivity index (χ0) is 18.1. The molecule has 0 aromatic carbocycles. The summed E-state index contributed by atoms with van der Waals surface area (Å²) < 4.78 is 66.8. The minimum Gasteiger partial charge on any atom is -0.268 e. The first-order valence-corrected chi connectivity index (χ1v) is 10.5. The largest absolute Gasteiger partial charge is 0.436 e. The highest BCUT2D eigenvalue weighted by Gasteiger charge is 2.37. The van der Waals surface area contributed by atoms with Crippen molar-refractivity contribution in [3.63, 3.8) is 0 Å². The van der Waals surface area contributed by atoms with Gasteiger partial charge in [-0.2, -0.15) is 18.3 Å². The summed E-state index contributed by atoms with van der Waals surface area (Å²) in [6.07, 6.45) is -4.24. The molecule has 0 radical (unpaired) electrons. The van der Waals surface area contributed by atoms with E-state index in [9.17, 15) is 21.6 Å². The van der Waals surface area contributed by atoms with E-state index in [-0.39, 0.29) is 21.8 Å². The molecule has 12 heteroatoms. The fraction of sp³-hybridized carbons (Fsp3) is 0.417. The van der Waals surface area contributed by atoms with E-state index in [0.717, 1.165) is 11.3 Å². The van der Waals surface area contributed by atoms with E-state index >= 15 is 0 Å². The molecule has 0 aliphatic heterocycles. The molecular formula is C12H12Br2F3N3O2S2. The van der Waals surface area contributed by atoms with Crippen LogP contribution in [-0.4, -0.2) is 24.7 Å². The van der Waals surface area contributed by atoms with Crippen LogP contribution in [0.1, 0.15) is 17.8 Å². The zero-order valence-corrected chi connectivity index (χ0v) is 17.0. The van der Waals surface area contributed by atoms with Crippen molar-refractivity contribution in [3.8, 4) is 0 Å². The molecule has 2 aromatic heterocycles. The van der Waals surface area contributed by atoms with Crippen LogP contribution in [-0.2, 0) is 22.7 Å². The maximum Gasteiger partial charge on any atom is 0.436 e. The first-order chi connectivity index (χ1) is 11.0. The molecule has 2 rings (SSSR count). The van der Waals surface area contributed by atoms with Gasteiger partial charge in [-0.05, 0) is 57.3 Å². The van der Waals surface area contributed by atoms with E-state index in [1.807, 2.05) is 0 Å². The number of sulfonamides is 1. The number of thiophene rings is 1. The number of aryl methyl sites for hydroxylation is 1. The lowest BCUT2D eigenvalue weighted by atomic mass is 10.3. The van der Waals surface area contributed by atoms with E-state index < -0.39 is 21.9 Å². The minimum atomic E-state index is -4.54. The van der Waals surface area contributed by atoms with Crippen LogP contribution in [0.15, 0.2) is 24.6 Å². The van der Waals surface area contributed by atoms with E-state index in [1.54, 1.807) is 6.07 Å². The fourth-order valence-corrected chi connectivity index (χ4v) is 5.51. The molecule has 0 amide bonds. The second kappa shape index (κ2) is 7.44. The summed E-state index contributed by atoms with van der Waals surface area (Å²) in [4.78, 5) is 0. The van der Waals surface area contributed by atoms with Gasteiger partial charge in [0.15, 0.2) is 5.69 Å². The number of aromatic nitrogens is 2. The zero-order valence-electron chi connectivity index (χ0n) is 12.2. The minimum absolute atomic E-state index is 0.0934. The Balaban J connectivity index is 1.96. The standard InChI is InChI=1S/C12H12Br2F3N3O2S2/c1-7-10(14)11(12(15,16)17)19-20(7)6-2-5-18-24(21,22)9-4-3-8(13)23-9/h3-4,18H,2,5-6H2,1H3.